The Morgan fingerprint density at radius 2 is 1.88 bits per heavy atom. The molecule has 3 amide bonds. The van der Waals surface area contributed by atoms with Crippen LogP contribution in [0.2, 0.25) is 0 Å². The number of hydrogen-bond donors (Lipinski definition) is 1. The second kappa shape index (κ2) is 6.86. The standard InChI is InChI=1S/C19H25N3O3/c1-12-4-6-15(7-5-12)8-18(24)20-16-9-17-11-21(14(3)23)13(2)19(25)22(17)10-16/h4-7,13,16-17H,8-11H2,1-3H3,(H,20,24). The Hall–Kier alpha value is -2.37. The molecule has 0 aromatic heterocycles. The van der Waals surface area contributed by atoms with Crippen LogP contribution in [0, 0.1) is 6.92 Å². The van der Waals surface area contributed by atoms with Crippen molar-refractivity contribution in [1.29, 1.82) is 0 Å². The Morgan fingerprint density at radius 3 is 2.52 bits per heavy atom. The van der Waals surface area contributed by atoms with Crippen LogP contribution in [-0.2, 0) is 20.8 Å². The molecule has 134 valence electrons. The van der Waals surface area contributed by atoms with E-state index >= 15 is 0 Å². The van der Waals surface area contributed by atoms with Gasteiger partial charge in [-0.25, -0.2) is 0 Å². The highest BCUT2D eigenvalue weighted by molar-refractivity contribution is 5.88. The predicted molar refractivity (Wildman–Crippen MR) is 93.8 cm³/mol. The molecule has 0 saturated carbocycles. The molecule has 2 aliphatic rings. The third-order valence-corrected chi connectivity index (χ3v) is 5.18. The van der Waals surface area contributed by atoms with Crippen LogP contribution < -0.4 is 5.32 Å². The summed E-state index contributed by atoms with van der Waals surface area (Å²) in [5.74, 6) is -0.133. The minimum Gasteiger partial charge on any atom is -0.351 e. The van der Waals surface area contributed by atoms with Crippen molar-refractivity contribution in [3.8, 4) is 0 Å². The van der Waals surface area contributed by atoms with Crippen molar-refractivity contribution in [2.75, 3.05) is 13.1 Å². The molecule has 3 atom stereocenters. The van der Waals surface area contributed by atoms with Gasteiger partial charge in [0, 0.05) is 26.1 Å². The van der Waals surface area contributed by atoms with Gasteiger partial charge in [-0.15, -0.1) is 0 Å². The summed E-state index contributed by atoms with van der Waals surface area (Å²) in [5.41, 5.74) is 2.14. The van der Waals surface area contributed by atoms with Gasteiger partial charge in [-0.1, -0.05) is 29.8 Å². The Balaban J connectivity index is 1.59. The lowest BCUT2D eigenvalue weighted by molar-refractivity contribution is -0.151. The summed E-state index contributed by atoms with van der Waals surface area (Å²) >= 11 is 0. The van der Waals surface area contributed by atoms with Crippen molar-refractivity contribution in [2.24, 2.45) is 0 Å². The number of benzene rings is 1. The number of fused-ring (bicyclic) bond motifs is 1. The van der Waals surface area contributed by atoms with Gasteiger partial charge >= 0.3 is 0 Å². The number of amides is 3. The zero-order valence-electron chi connectivity index (χ0n) is 15.0. The van der Waals surface area contributed by atoms with Crippen LogP contribution >= 0.6 is 0 Å². The molecule has 1 aromatic rings. The first-order valence-electron chi connectivity index (χ1n) is 8.77. The smallest absolute Gasteiger partial charge is 0.245 e. The number of nitrogens with zero attached hydrogens (tertiary/aromatic N) is 2. The maximum Gasteiger partial charge on any atom is 0.245 e. The van der Waals surface area contributed by atoms with Gasteiger partial charge in [0.25, 0.3) is 0 Å². The molecule has 0 bridgehead atoms. The molecule has 3 rings (SSSR count). The van der Waals surface area contributed by atoms with Crippen molar-refractivity contribution in [1.82, 2.24) is 15.1 Å². The van der Waals surface area contributed by atoms with E-state index in [0.29, 0.717) is 25.9 Å². The zero-order valence-corrected chi connectivity index (χ0v) is 15.0. The number of rotatable bonds is 3. The fourth-order valence-corrected chi connectivity index (χ4v) is 3.79. The molecule has 2 fully saturated rings. The van der Waals surface area contributed by atoms with Gasteiger partial charge in [0.15, 0.2) is 0 Å². The molecule has 6 heteroatoms. The summed E-state index contributed by atoms with van der Waals surface area (Å²) in [6.45, 7) is 6.35. The van der Waals surface area contributed by atoms with Crippen LogP contribution in [-0.4, -0.2) is 58.7 Å². The second-order valence-corrected chi connectivity index (χ2v) is 7.15. The summed E-state index contributed by atoms with van der Waals surface area (Å²) < 4.78 is 0. The van der Waals surface area contributed by atoms with E-state index in [1.807, 2.05) is 36.1 Å². The average molecular weight is 343 g/mol. The lowest BCUT2D eigenvalue weighted by Crippen LogP contribution is -2.59. The van der Waals surface area contributed by atoms with Crippen LogP contribution in [0.5, 0.6) is 0 Å². The van der Waals surface area contributed by atoms with E-state index in [-0.39, 0.29) is 29.8 Å². The van der Waals surface area contributed by atoms with Crippen LogP contribution in [0.15, 0.2) is 24.3 Å². The summed E-state index contributed by atoms with van der Waals surface area (Å²) in [4.78, 5) is 40.0. The van der Waals surface area contributed by atoms with E-state index in [0.717, 1.165) is 5.56 Å². The van der Waals surface area contributed by atoms with Crippen molar-refractivity contribution < 1.29 is 14.4 Å². The maximum atomic E-state index is 12.5. The molecule has 3 unspecified atom stereocenters. The van der Waals surface area contributed by atoms with Gasteiger partial charge in [0.1, 0.15) is 6.04 Å². The molecule has 0 spiro atoms. The molecule has 1 N–H and O–H groups in total. The van der Waals surface area contributed by atoms with Gasteiger partial charge in [-0.2, -0.15) is 0 Å². The molecular weight excluding hydrogens is 318 g/mol. The Morgan fingerprint density at radius 1 is 1.20 bits per heavy atom. The summed E-state index contributed by atoms with van der Waals surface area (Å²) in [7, 11) is 0. The largest absolute Gasteiger partial charge is 0.351 e. The Labute approximate surface area is 148 Å². The van der Waals surface area contributed by atoms with Crippen molar-refractivity contribution in [3.05, 3.63) is 35.4 Å². The summed E-state index contributed by atoms with van der Waals surface area (Å²) in [6, 6.07) is 7.44. The number of carbonyl (C=O) groups is 3. The summed E-state index contributed by atoms with van der Waals surface area (Å²) in [6.07, 6.45) is 1.03. The fraction of sp³-hybridized carbons (Fsp3) is 0.526. The molecule has 0 radical (unpaired) electrons. The predicted octanol–water partition coefficient (Wildman–Crippen LogP) is 0.874. The third kappa shape index (κ3) is 3.67. The van der Waals surface area contributed by atoms with Gasteiger partial charge in [0.2, 0.25) is 17.7 Å². The monoisotopic (exact) mass is 343 g/mol. The van der Waals surface area contributed by atoms with E-state index in [9.17, 15) is 14.4 Å². The average Bonchev–Trinajstić information content (AvgIpc) is 2.95. The van der Waals surface area contributed by atoms with Crippen LogP contribution in [0.4, 0.5) is 0 Å². The molecule has 1 aromatic carbocycles. The molecular formula is C19H25N3O3. The van der Waals surface area contributed by atoms with E-state index < -0.39 is 6.04 Å². The SMILES string of the molecule is CC(=O)N1CC2CC(NC(=O)Cc3ccc(C)cc3)CN2C(=O)C1C. The van der Waals surface area contributed by atoms with E-state index in [2.05, 4.69) is 5.32 Å². The fourth-order valence-electron chi connectivity index (χ4n) is 3.79. The zero-order chi connectivity index (χ0) is 18.1. The molecule has 25 heavy (non-hydrogen) atoms. The van der Waals surface area contributed by atoms with Gasteiger partial charge in [-0.3, -0.25) is 14.4 Å². The number of piperazine rings is 1. The quantitative estimate of drug-likeness (QED) is 0.885. The molecule has 0 aliphatic carbocycles. The minimum atomic E-state index is -0.421. The van der Waals surface area contributed by atoms with E-state index in [1.165, 1.54) is 12.5 Å². The minimum absolute atomic E-state index is 0.00252. The lowest BCUT2D eigenvalue weighted by atomic mass is 10.1. The highest BCUT2D eigenvalue weighted by Gasteiger charge is 2.44. The third-order valence-electron chi connectivity index (χ3n) is 5.18. The van der Waals surface area contributed by atoms with Crippen molar-refractivity contribution >= 4 is 17.7 Å². The highest BCUT2D eigenvalue weighted by atomic mass is 16.2. The highest BCUT2D eigenvalue weighted by Crippen LogP contribution is 2.26. The first kappa shape index (κ1) is 17.5. The molecule has 2 aliphatic heterocycles. The number of nitrogens with one attached hydrogen (secondary N) is 1. The van der Waals surface area contributed by atoms with Crippen molar-refractivity contribution in [3.63, 3.8) is 0 Å². The van der Waals surface area contributed by atoms with E-state index in [1.54, 1.807) is 11.8 Å². The van der Waals surface area contributed by atoms with Crippen LogP contribution in [0.1, 0.15) is 31.4 Å². The first-order chi connectivity index (χ1) is 11.8. The lowest BCUT2D eigenvalue weighted by Gasteiger charge is -2.40. The number of hydrogen-bond acceptors (Lipinski definition) is 3. The molecule has 2 heterocycles. The van der Waals surface area contributed by atoms with E-state index in [4.69, 9.17) is 0 Å². The number of aryl methyl sites for hydroxylation is 1. The molecule has 2 saturated heterocycles. The van der Waals surface area contributed by atoms with Gasteiger partial charge in [-0.05, 0) is 25.8 Å². The Kier molecular flexibility index (Phi) is 4.79. The maximum absolute atomic E-state index is 12.5. The van der Waals surface area contributed by atoms with Crippen LogP contribution in [0.3, 0.4) is 0 Å². The number of carbonyl (C=O) groups excluding carboxylic acids is 3. The Bertz CT molecular complexity index is 686. The van der Waals surface area contributed by atoms with Gasteiger partial charge in [0.05, 0.1) is 12.5 Å². The van der Waals surface area contributed by atoms with Gasteiger partial charge < -0.3 is 15.1 Å². The van der Waals surface area contributed by atoms with Crippen LogP contribution in [0.25, 0.3) is 0 Å². The first-order valence-corrected chi connectivity index (χ1v) is 8.77. The summed E-state index contributed by atoms with van der Waals surface area (Å²) in [5, 5.41) is 3.04. The topological polar surface area (TPSA) is 69.7 Å². The normalized spacial score (nSPS) is 25.7. The second-order valence-electron chi connectivity index (χ2n) is 7.15. The molecule has 6 nitrogen and oxygen atoms in total. The van der Waals surface area contributed by atoms with Crippen molar-refractivity contribution in [2.45, 2.75) is 51.7 Å².